The Hall–Kier alpha value is -0.334. The Morgan fingerprint density at radius 3 is 1.10 bits per heavy atom. The van der Waals surface area contributed by atoms with Crippen molar-refractivity contribution in [2.75, 3.05) is 20.6 Å². The Bertz CT molecular complexity index is 1220. The van der Waals surface area contributed by atoms with Crippen molar-refractivity contribution < 1.29 is 157 Å². The Balaban J connectivity index is 0. The molecule has 0 aliphatic carbocycles. The second-order valence-electron chi connectivity index (χ2n) is 7.47. The summed E-state index contributed by atoms with van der Waals surface area (Å²) in [6.07, 6.45) is -15.2. The van der Waals surface area contributed by atoms with Gasteiger partial charge >= 0.3 is 97.9 Å². The Labute approximate surface area is 263 Å². The third kappa shape index (κ3) is 6.48. The van der Waals surface area contributed by atoms with Gasteiger partial charge in [0.25, 0.3) is 20.0 Å². The molecule has 29 heteroatoms. The molecule has 1 unspecified atom stereocenters. The molecular weight excluding hydrogens is 725 g/mol. The van der Waals surface area contributed by atoms with Crippen molar-refractivity contribution in [3.05, 3.63) is 0 Å². The van der Waals surface area contributed by atoms with Crippen LogP contribution in [0.3, 0.4) is 0 Å². The van der Waals surface area contributed by atoms with Gasteiger partial charge in [-0.05, 0) is 0 Å². The van der Waals surface area contributed by atoms with Crippen molar-refractivity contribution in [1.29, 1.82) is 0 Å². The number of carboxylic acids is 1. The van der Waals surface area contributed by atoms with Crippen molar-refractivity contribution in [1.82, 2.24) is 8.61 Å². The van der Waals surface area contributed by atoms with Gasteiger partial charge in [-0.25, -0.2) is 16.8 Å². The van der Waals surface area contributed by atoms with E-state index < -0.39 is 108 Å². The number of aliphatic carboxylic acids is 1. The van der Waals surface area contributed by atoms with Crippen LogP contribution >= 0.6 is 0 Å². The van der Waals surface area contributed by atoms with Crippen molar-refractivity contribution in [3.63, 3.8) is 0 Å². The van der Waals surface area contributed by atoms with Crippen LogP contribution in [0.15, 0.2) is 0 Å². The first-order chi connectivity index (χ1) is 17.4. The van der Waals surface area contributed by atoms with Gasteiger partial charge in [-0.1, -0.05) is 0 Å². The van der Waals surface area contributed by atoms with E-state index in [0.717, 1.165) is 0 Å². The minimum absolute atomic E-state index is 0. The second kappa shape index (κ2) is 12.1. The van der Waals surface area contributed by atoms with Gasteiger partial charge in [0.1, 0.15) is 0 Å². The number of likely N-dealkylation sites (N-methyl/N-ethyl adjacent to an activating group) is 2. The summed E-state index contributed by atoms with van der Waals surface area (Å²) in [4.78, 5) is 11.1. The van der Waals surface area contributed by atoms with Gasteiger partial charge in [0, 0.05) is 20.6 Å². The van der Waals surface area contributed by atoms with Gasteiger partial charge in [0.2, 0.25) is 0 Å². The Morgan fingerprint density at radius 2 is 0.857 bits per heavy atom. The van der Waals surface area contributed by atoms with E-state index in [2.05, 4.69) is 0 Å². The summed E-state index contributed by atoms with van der Waals surface area (Å²) in [6, 6.07) is -4.06. The maximum Gasteiger partial charge on any atom is 1.00 e. The van der Waals surface area contributed by atoms with Crippen LogP contribution in [-0.2, 0) is 24.8 Å². The number of alkyl halides is 18. The van der Waals surface area contributed by atoms with E-state index in [1.54, 1.807) is 0 Å². The first kappa shape index (κ1) is 43.8. The minimum atomic E-state index is -8.03. The third-order valence-corrected chi connectivity index (χ3v) is 8.60. The SMILES string of the molecule is CN(CC(C(=O)[O-])N(C)S(=O)(=O)C(F)(F)C(F)(F)C(F)(F)C(F)(F)F)S(=O)(=O)C(F)(F)C(F)(F)C(F)(F)C(F)(F)F.[K+]. The molecule has 0 heterocycles. The van der Waals surface area contributed by atoms with E-state index in [4.69, 9.17) is 0 Å². The summed E-state index contributed by atoms with van der Waals surface area (Å²) in [5.41, 5.74) is 0. The predicted octanol–water partition coefficient (Wildman–Crippen LogP) is -0.517. The zero-order chi connectivity index (χ0) is 34.0. The van der Waals surface area contributed by atoms with Crippen LogP contribution in [0.25, 0.3) is 0 Å². The van der Waals surface area contributed by atoms with Gasteiger partial charge < -0.3 is 9.90 Å². The molecule has 0 saturated carbocycles. The number of carbonyl (C=O) groups excluding carboxylic acids is 1. The first-order valence-corrected chi connectivity index (χ1v) is 11.8. The van der Waals surface area contributed by atoms with Crippen molar-refractivity contribution in [3.8, 4) is 0 Å². The van der Waals surface area contributed by atoms with E-state index in [-0.39, 0.29) is 51.4 Å². The van der Waals surface area contributed by atoms with Crippen LogP contribution in [0.4, 0.5) is 79.0 Å². The van der Waals surface area contributed by atoms with Crippen LogP contribution in [0, 0.1) is 0 Å². The second-order valence-corrected chi connectivity index (χ2v) is 11.6. The maximum atomic E-state index is 13.9. The number of hydrogen-bond donors (Lipinski definition) is 0. The molecule has 0 spiro atoms. The fourth-order valence-corrected chi connectivity index (χ4v) is 4.75. The van der Waals surface area contributed by atoms with Crippen molar-refractivity contribution in [2.24, 2.45) is 0 Å². The number of sulfonamides is 2. The summed E-state index contributed by atoms with van der Waals surface area (Å²) in [6.45, 7) is -2.92. The maximum absolute atomic E-state index is 13.9. The van der Waals surface area contributed by atoms with Gasteiger partial charge in [0.15, 0.2) is 0 Å². The number of rotatable bonds is 12. The van der Waals surface area contributed by atoms with Crippen LogP contribution in [0.5, 0.6) is 0 Å². The van der Waals surface area contributed by atoms with Gasteiger partial charge in [-0.3, -0.25) is 0 Å². The first-order valence-electron chi connectivity index (χ1n) is 8.92. The summed E-state index contributed by atoms with van der Waals surface area (Å²) in [5, 5.41) is -4.23. The molecule has 0 aliphatic rings. The predicted molar refractivity (Wildman–Crippen MR) is 88.8 cm³/mol. The minimum Gasteiger partial charge on any atom is -0.548 e. The molecule has 0 bridgehead atoms. The van der Waals surface area contributed by atoms with E-state index in [0.29, 0.717) is 0 Å². The van der Waals surface area contributed by atoms with E-state index in [1.165, 1.54) is 0 Å². The van der Waals surface area contributed by atoms with Crippen LogP contribution in [-0.4, -0.2) is 105 Å². The van der Waals surface area contributed by atoms with Crippen LogP contribution in [0.2, 0.25) is 0 Å². The quantitative estimate of drug-likeness (QED) is 0.197. The summed E-state index contributed by atoms with van der Waals surface area (Å²) in [5.74, 6) is -35.2. The van der Waals surface area contributed by atoms with Crippen molar-refractivity contribution >= 4 is 26.0 Å². The molecule has 0 aliphatic heterocycles. The molecule has 0 rings (SSSR count). The zero-order valence-corrected chi connectivity index (χ0v) is 24.5. The Morgan fingerprint density at radius 1 is 0.595 bits per heavy atom. The molecule has 8 nitrogen and oxygen atoms in total. The van der Waals surface area contributed by atoms with E-state index in [9.17, 15) is 106 Å². The number of halogens is 18. The van der Waals surface area contributed by atoms with Gasteiger partial charge in [0.05, 0.1) is 12.0 Å². The smallest absolute Gasteiger partial charge is 0.548 e. The molecule has 0 aromatic heterocycles. The molecule has 0 N–H and O–H groups in total. The Kier molecular flexibility index (Phi) is 12.6. The van der Waals surface area contributed by atoms with E-state index in [1.807, 2.05) is 0 Å². The topological polar surface area (TPSA) is 115 Å². The normalized spacial score (nSPS) is 16.4. The molecule has 246 valence electrons. The molecular formula is C13H9F18KN2O6S2. The average Bonchev–Trinajstić information content (AvgIpc) is 2.73. The standard InChI is InChI=1S/C13H10F18N2O6S2.K/c1-32(40(36,37)12(28,29)8(18,19)6(14,15)10(22,23)24)3-4(5(34)35)33(2)41(38,39)13(30,31)9(20,21)7(16,17)11(25,26)27;/h4H,3H2,1-2H3,(H,34,35);/q;+1/p-1. The average molecular weight is 734 g/mol. The summed E-state index contributed by atoms with van der Waals surface area (Å²) in [7, 11) is -17.1. The number of nitrogens with zero attached hydrogens (tertiary/aromatic N) is 2. The summed E-state index contributed by atoms with van der Waals surface area (Å²) >= 11 is 0. The van der Waals surface area contributed by atoms with Crippen molar-refractivity contribution in [2.45, 2.75) is 52.6 Å². The molecule has 0 aromatic carbocycles. The molecule has 0 saturated heterocycles. The summed E-state index contributed by atoms with van der Waals surface area (Å²) < 4.78 is 278. The largest absolute Gasteiger partial charge is 1.00 e. The molecule has 42 heavy (non-hydrogen) atoms. The van der Waals surface area contributed by atoms with Crippen LogP contribution < -0.4 is 56.5 Å². The third-order valence-electron chi connectivity index (χ3n) is 4.81. The number of carboxylic acid groups (broad SMARTS) is 1. The zero-order valence-electron chi connectivity index (χ0n) is 19.7. The monoisotopic (exact) mass is 734 g/mol. The number of carbonyl (C=O) groups is 1. The fraction of sp³-hybridized carbons (Fsp3) is 0.923. The molecule has 0 amide bonds. The van der Waals surface area contributed by atoms with Gasteiger partial charge in [-0.15, -0.1) is 0 Å². The molecule has 0 fully saturated rings. The van der Waals surface area contributed by atoms with E-state index >= 15 is 0 Å². The van der Waals surface area contributed by atoms with Crippen LogP contribution in [0.1, 0.15) is 0 Å². The molecule has 0 radical (unpaired) electrons. The molecule has 0 aromatic rings. The molecule has 1 atom stereocenters. The van der Waals surface area contributed by atoms with Gasteiger partial charge in [-0.2, -0.15) is 87.6 Å². The fourth-order valence-electron chi connectivity index (χ4n) is 2.27. The number of hydrogen-bond acceptors (Lipinski definition) is 6.